The monoisotopic (exact) mass is 331 g/mol. The maximum atomic E-state index is 13.7. The average Bonchev–Trinajstić information content (AvgIpc) is 2.47. The first kappa shape index (κ1) is 17.8. The molecule has 1 N–H and O–H groups in total. The molecule has 0 spiro atoms. The number of hydrogen-bond donors (Lipinski definition) is 1. The number of amides is 1. The Labute approximate surface area is 140 Å². The smallest absolute Gasteiger partial charge is 0.264 e. The van der Waals surface area contributed by atoms with E-state index < -0.39 is 11.5 Å². The van der Waals surface area contributed by atoms with Crippen LogP contribution in [0.1, 0.15) is 48.2 Å². The van der Waals surface area contributed by atoms with E-state index >= 15 is 0 Å². The van der Waals surface area contributed by atoms with Gasteiger partial charge in [0.05, 0.1) is 5.69 Å². The molecule has 0 atom stereocenters. The highest BCUT2D eigenvalue weighted by atomic mass is 19.1. The molecule has 0 saturated heterocycles. The standard InChI is InChI=1S/C18H22FN3O2/c1-11-14(15(23)21-17(20-11)18(2,3)4)16(24)22(5)10-12-8-6-7-9-13(12)19/h6-9H,10H2,1-5H3,(H,20,21,23). The molecule has 6 heteroatoms. The predicted octanol–water partition coefficient (Wildman–Crippen LogP) is 2.79. The highest BCUT2D eigenvalue weighted by Gasteiger charge is 2.24. The Morgan fingerprint density at radius 3 is 2.46 bits per heavy atom. The molecule has 24 heavy (non-hydrogen) atoms. The van der Waals surface area contributed by atoms with Gasteiger partial charge in [0.15, 0.2) is 0 Å². The zero-order chi connectivity index (χ0) is 18.1. The van der Waals surface area contributed by atoms with E-state index in [2.05, 4.69) is 9.97 Å². The molecule has 2 aromatic rings. The van der Waals surface area contributed by atoms with E-state index in [4.69, 9.17) is 0 Å². The minimum Gasteiger partial charge on any atom is -0.337 e. The second kappa shape index (κ2) is 6.55. The molecule has 0 fully saturated rings. The molecule has 1 amide bonds. The zero-order valence-electron chi connectivity index (χ0n) is 14.6. The number of aryl methyl sites for hydroxylation is 1. The Hall–Kier alpha value is -2.50. The van der Waals surface area contributed by atoms with Crippen LogP contribution >= 0.6 is 0 Å². The molecule has 0 bridgehead atoms. The van der Waals surface area contributed by atoms with Crippen LogP contribution in [-0.2, 0) is 12.0 Å². The van der Waals surface area contributed by atoms with Crippen LogP contribution in [0.4, 0.5) is 4.39 Å². The van der Waals surface area contributed by atoms with E-state index in [1.165, 1.54) is 18.0 Å². The molecule has 0 radical (unpaired) electrons. The lowest BCUT2D eigenvalue weighted by Gasteiger charge is -2.21. The van der Waals surface area contributed by atoms with Gasteiger partial charge in [-0.25, -0.2) is 9.37 Å². The van der Waals surface area contributed by atoms with Crippen LogP contribution < -0.4 is 5.56 Å². The summed E-state index contributed by atoms with van der Waals surface area (Å²) in [5.74, 6) is -0.341. The lowest BCUT2D eigenvalue weighted by molar-refractivity contribution is 0.0780. The molecule has 0 aliphatic rings. The number of aromatic nitrogens is 2. The highest BCUT2D eigenvalue weighted by molar-refractivity contribution is 5.94. The van der Waals surface area contributed by atoms with Crippen molar-refractivity contribution in [1.82, 2.24) is 14.9 Å². The normalized spacial score (nSPS) is 11.4. The molecular weight excluding hydrogens is 309 g/mol. The molecule has 5 nitrogen and oxygen atoms in total. The average molecular weight is 331 g/mol. The largest absolute Gasteiger partial charge is 0.337 e. The lowest BCUT2D eigenvalue weighted by atomic mass is 9.95. The summed E-state index contributed by atoms with van der Waals surface area (Å²) in [7, 11) is 1.53. The fourth-order valence-corrected chi connectivity index (χ4v) is 2.34. The van der Waals surface area contributed by atoms with Crippen LogP contribution in [0.2, 0.25) is 0 Å². The molecule has 2 rings (SSSR count). The summed E-state index contributed by atoms with van der Waals surface area (Å²) >= 11 is 0. The minimum atomic E-state index is -0.482. The Kier molecular flexibility index (Phi) is 4.87. The van der Waals surface area contributed by atoms with Crippen LogP contribution in [-0.4, -0.2) is 27.8 Å². The number of carbonyl (C=O) groups excluding carboxylic acids is 1. The number of hydrogen-bond acceptors (Lipinski definition) is 3. The number of nitrogens with one attached hydrogen (secondary N) is 1. The first-order chi connectivity index (χ1) is 11.1. The Morgan fingerprint density at radius 2 is 1.92 bits per heavy atom. The van der Waals surface area contributed by atoms with Gasteiger partial charge in [-0.1, -0.05) is 39.0 Å². The Balaban J connectivity index is 2.33. The third-order valence-corrected chi connectivity index (χ3v) is 3.74. The topological polar surface area (TPSA) is 66.1 Å². The maximum Gasteiger partial charge on any atom is 0.264 e. The van der Waals surface area contributed by atoms with Crippen LogP contribution in [0.5, 0.6) is 0 Å². The molecule has 0 unspecified atom stereocenters. The number of H-pyrrole nitrogens is 1. The number of halogens is 1. The van der Waals surface area contributed by atoms with E-state index in [0.717, 1.165) is 0 Å². The molecular formula is C18H22FN3O2. The van der Waals surface area contributed by atoms with Gasteiger partial charge in [0.2, 0.25) is 0 Å². The van der Waals surface area contributed by atoms with Crippen molar-refractivity contribution < 1.29 is 9.18 Å². The summed E-state index contributed by atoms with van der Waals surface area (Å²) in [6.07, 6.45) is 0. The van der Waals surface area contributed by atoms with Crippen LogP contribution in [0.25, 0.3) is 0 Å². The molecule has 0 saturated carbocycles. The van der Waals surface area contributed by atoms with Crippen molar-refractivity contribution in [2.45, 2.75) is 39.7 Å². The summed E-state index contributed by atoms with van der Waals surface area (Å²) in [5.41, 5.74) is -0.0553. The fraction of sp³-hybridized carbons (Fsp3) is 0.389. The lowest BCUT2D eigenvalue weighted by Crippen LogP contribution is -2.35. The van der Waals surface area contributed by atoms with Crippen molar-refractivity contribution in [1.29, 1.82) is 0 Å². The third-order valence-electron chi connectivity index (χ3n) is 3.74. The first-order valence-electron chi connectivity index (χ1n) is 7.71. The number of carbonyl (C=O) groups is 1. The first-order valence-corrected chi connectivity index (χ1v) is 7.71. The molecule has 0 aliphatic heterocycles. The van der Waals surface area contributed by atoms with Gasteiger partial charge in [0.25, 0.3) is 11.5 Å². The molecule has 128 valence electrons. The second-order valence-corrected chi connectivity index (χ2v) is 6.88. The van der Waals surface area contributed by atoms with Crippen molar-refractivity contribution in [3.8, 4) is 0 Å². The minimum absolute atomic E-state index is 0.0122. The Morgan fingerprint density at radius 1 is 1.29 bits per heavy atom. The summed E-state index contributed by atoms with van der Waals surface area (Å²) in [5, 5.41) is 0. The van der Waals surface area contributed by atoms with Crippen molar-refractivity contribution in [2.75, 3.05) is 7.05 Å². The van der Waals surface area contributed by atoms with Crippen molar-refractivity contribution in [3.63, 3.8) is 0 Å². The quantitative estimate of drug-likeness (QED) is 0.940. The number of aromatic amines is 1. The van der Waals surface area contributed by atoms with Gasteiger partial charge in [-0.15, -0.1) is 0 Å². The van der Waals surface area contributed by atoms with Gasteiger partial charge >= 0.3 is 0 Å². The molecule has 1 aromatic heterocycles. The molecule has 1 aromatic carbocycles. The van der Waals surface area contributed by atoms with Crippen LogP contribution in [0.3, 0.4) is 0 Å². The SMILES string of the molecule is Cc1nc(C(C)(C)C)[nH]c(=O)c1C(=O)N(C)Cc1ccccc1F. The second-order valence-electron chi connectivity index (χ2n) is 6.88. The van der Waals surface area contributed by atoms with Gasteiger partial charge in [-0.05, 0) is 13.0 Å². The highest BCUT2D eigenvalue weighted by Crippen LogP contribution is 2.18. The van der Waals surface area contributed by atoms with Gasteiger partial charge in [-0.2, -0.15) is 0 Å². The van der Waals surface area contributed by atoms with Crippen molar-refractivity contribution >= 4 is 5.91 Å². The number of benzene rings is 1. The Bertz CT molecular complexity index is 822. The van der Waals surface area contributed by atoms with Gasteiger partial charge < -0.3 is 9.88 Å². The van der Waals surface area contributed by atoms with Crippen molar-refractivity contribution in [2.24, 2.45) is 0 Å². The summed E-state index contributed by atoms with van der Waals surface area (Å²) in [4.78, 5) is 33.3. The summed E-state index contributed by atoms with van der Waals surface area (Å²) in [6.45, 7) is 7.49. The van der Waals surface area contributed by atoms with Crippen LogP contribution in [0.15, 0.2) is 29.1 Å². The predicted molar refractivity (Wildman–Crippen MR) is 90.5 cm³/mol. The summed E-state index contributed by atoms with van der Waals surface area (Å²) < 4.78 is 13.7. The van der Waals surface area contributed by atoms with E-state index in [1.54, 1.807) is 25.1 Å². The summed E-state index contributed by atoms with van der Waals surface area (Å²) in [6, 6.07) is 6.24. The molecule has 1 heterocycles. The van der Waals surface area contributed by atoms with Gasteiger partial charge in [0, 0.05) is 24.6 Å². The number of rotatable bonds is 3. The van der Waals surface area contributed by atoms with E-state index in [0.29, 0.717) is 17.1 Å². The van der Waals surface area contributed by atoms with E-state index in [9.17, 15) is 14.0 Å². The van der Waals surface area contributed by atoms with E-state index in [1.807, 2.05) is 20.8 Å². The number of nitrogens with zero attached hydrogens (tertiary/aromatic N) is 2. The van der Waals surface area contributed by atoms with Crippen LogP contribution in [0, 0.1) is 12.7 Å². The fourth-order valence-electron chi connectivity index (χ4n) is 2.34. The van der Waals surface area contributed by atoms with Gasteiger partial charge in [-0.3, -0.25) is 9.59 Å². The van der Waals surface area contributed by atoms with E-state index in [-0.39, 0.29) is 23.3 Å². The zero-order valence-corrected chi connectivity index (χ0v) is 14.6. The van der Waals surface area contributed by atoms with Crippen molar-refractivity contribution in [3.05, 3.63) is 63.1 Å². The molecule has 0 aliphatic carbocycles. The maximum absolute atomic E-state index is 13.7. The third kappa shape index (κ3) is 3.69. The van der Waals surface area contributed by atoms with Gasteiger partial charge in [0.1, 0.15) is 17.2 Å².